The molecule has 1 aromatic heterocycles. The number of hydrogen-bond donors (Lipinski definition) is 1. The summed E-state index contributed by atoms with van der Waals surface area (Å²) in [4.78, 5) is 15.5. The molecule has 0 radical (unpaired) electrons. The second kappa shape index (κ2) is 7.38. The first-order valence-corrected chi connectivity index (χ1v) is 8.11. The molecule has 0 unspecified atom stereocenters. The molecule has 23 heavy (non-hydrogen) atoms. The number of carbonyl (C=O) groups excluding carboxylic acids is 1. The highest BCUT2D eigenvalue weighted by Gasteiger charge is 2.16. The lowest BCUT2D eigenvalue weighted by atomic mass is 9.94. The van der Waals surface area contributed by atoms with Crippen molar-refractivity contribution in [2.75, 3.05) is 13.1 Å². The standard InChI is InChI=1S/C19H22N2O2/c1-14-11-15(12-22)5-6-17(14)13-23-19-4-2-3-18(21-19)16-7-9-20-10-8-16/h2-6,11-12,16,20H,7-10,13H2,1H3. The highest BCUT2D eigenvalue weighted by molar-refractivity contribution is 5.75. The molecule has 1 saturated heterocycles. The van der Waals surface area contributed by atoms with Crippen LogP contribution in [0.1, 0.15) is 45.9 Å². The van der Waals surface area contributed by atoms with E-state index in [2.05, 4.69) is 16.4 Å². The Morgan fingerprint density at radius 1 is 1.26 bits per heavy atom. The molecule has 120 valence electrons. The quantitative estimate of drug-likeness (QED) is 0.861. The van der Waals surface area contributed by atoms with Crippen LogP contribution >= 0.6 is 0 Å². The summed E-state index contributed by atoms with van der Waals surface area (Å²) in [5.41, 5.74) is 3.95. The second-order valence-electron chi connectivity index (χ2n) is 6.02. The van der Waals surface area contributed by atoms with Crippen molar-refractivity contribution in [3.63, 3.8) is 0 Å². The predicted octanol–water partition coefficient (Wildman–Crippen LogP) is 3.25. The van der Waals surface area contributed by atoms with Gasteiger partial charge in [-0.1, -0.05) is 18.2 Å². The van der Waals surface area contributed by atoms with Crippen molar-refractivity contribution in [3.8, 4) is 5.88 Å². The van der Waals surface area contributed by atoms with Crippen molar-refractivity contribution < 1.29 is 9.53 Å². The molecule has 4 heteroatoms. The number of piperidine rings is 1. The van der Waals surface area contributed by atoms with Crippen LogP contribution in [0.15, 0.2) is 36.4 Å². The number of benzene rings is 1. The first-order chi connectivity index (χ1) is 11.3. The summed E-state index contributed by atoms with van der Waals surface area (Å²) in [5.74, 6) is 1.19. The molecule has 1 fully saturated rings. The number of hydrogen-bond acceptors (Lipinski definition) is 4. The van der Waals surface area contributed by atoms with Gasteiger partial charge in [0.15, 0.2) is 0 Å². The van der Waals surface area contributed by atoms with Gasteiger partial charge in [0.1, 0.15) is 12.9 Å². The maximum absolute atomic E-state index is 10.8. The van der Waals surface area contributed by atoms with Gasteiger partial charge in [0.2, 0.25) is 5.88 Å². The van der Waals surface area contributed by atoms with Crippen molar-refractivity contribution in [1.82, 2.24) is 10.3 Å². The topological polar surface area (TPSA) is 51.2 Å². The van der Waals surface area contributed by atoms with Crippen molar-refractivity contribution in [2.45, 2.75) is 32.3 Å². The number of aromatic nitrogens is 1. The molecule has 0 saturated carbocycles. The van der Waals surface area contributed by atoms with E-state index in [9.17, 15) is 4.79 Å². The summed E-state index contributed by atoms with van der Waals surface area (Å²) in [7, 11) is 0. The third-order valence-electron chi connectivity index (χ3n) is 4.38. The number of pyridine rings is 1. The molecule has 4 nitrogen and oxygen atoms in total. The van der Waals surface area contributed by atoms with Gasteiger partial charge in [-0.15, -0.1) is 0 Å². The molecule has 0 aliphatic carbocycles. The number of carbonyl (C=O) groups is 1. The second-order valence-corrected chi connectivity index (χ2v) is 6.02. The summed E-state index contributed by atoms with van der Waals surface area (Å²) >= 11 is 0. The summed E-state index contributed by atoms with van der Waals surface area (Å²) < 4.78 is 5.86. The van der Waals surface area contributed by atoms with Gasteiger partial charge in [-0.3, -0.25) is 4.79 Å². The summed E-state index contributed by atoms with van der Waals surface area (Å²) in [6, 6.07) is 11.6. The van der Waals surface area contributed by atoms with Gasteiger partial charge in [-0.25, -0.2) is 4.98 Å². The Balaban J connectivity index is 1.67. The highest BCUT2D eigenvalue weighted by atomic mass is 16.5. The molecule has 0 bridgehead atoms. The van der Waals surface area contributed by atoms with Gasteiger partial charge in [-0.2, -0.15) is 0 Å². The molecule has 1 aliphatic rings. The van der Waals surface area contributed by atoms with Crippen molar-refractivity contribution in [2.24, 2.45) is 0 Å². The number of nitrogens with zero attached hydrogens (tertiary/aromatic N) is 1. The van der Waals surface area contributed by atoms with E-state index in [0.717, 1.165) is 49.0 Å². The van der Waals surface area contributed by atoms with Crippen LogP contribution in [0.4, 0.5) is 0 Å². The summed E-state index contributed by atoms with van der Waals surface area (Å²) in [5, 5.41) is 3.38. The lowest BCUT2D eigenvalue weighted by Crippen LogP contribution is -2.27. The fourth-order valence-corrected chi connectivity index (χ4v) is 2.96. The van der Waals surface area contributed by atoms with E-state index in [1.54, 1.807) is 0 Å². The third-order valence-corrected chi connectivity index (χ3v) is 4.38. The number of nitrogens with one attached hydrogen (secondary N) is 1. The largest absolute Gasteiger partial charge is 0.473 e. The minimum Gasteiger partial charge on any atom is -0.473 e. The van der Waals surface area contributed by atoms with E-state index < -0.39 is 0 Å². The van der Waals surface area contributed by atoms with E-state index in [-0.39, 0.29) is 0 Å². The molecule has 0 amide bonds. The molecule has 1 aliphatic heterocycles. The zero-order valence-electron chi connectivity index (χ0n) is 13.4. The van der Waals surface area contributed by atoms with Crippen LogP contribution in [0.5, 0.6) is 5.88 Å². The molecule has 3 rings (SSSR count). The van der Waals surface area contributed by atoms with Gasteiger partial charge >= 0.3 is 0 Å². The lowest BCUT2D eigenvalue weighted by molar-refractivity contribution is 0.112. The first kappa shape index (κ1) is 15.7. The number of rotatable bonds is 5. The van der Waals surface area contributed by atoms with Gasteiger partial charge in [0, 0.05) is 23.2 Å². The fraction of sp³-hybridized carbons (Fsp3) is 0.368. The average molecular weight is 310 g/mol. The van der Waals surface area contributed by atoms with E-state index in [0.29, 0.717) is 24.0 Å². The van der Waals surface area contributed by atoms with E-state index in [1.807, 2.05) is 37.3 Å². The van der Waals surface area contributed by atoms with Crippen LogP contribution in [0.25, 0.3) is 0 Å². The van der Waals surface area contributed by atoms with Crippen LogP contribution in [0.3, 0.4) is 0 Å². The smallest absolute Gasteiger partial charge is 0.213 e. The Kier molecular flexibility index (Phi) is 5.03. The Labute approximate surface area is 136 Å². The Morgan fingerprint density at radius 2 is 2.09 bits per heavy atom. The van der Waals surface area contributed by atoms with Gasteiger partial charge in [-0.05, 0) is 56.1 Å². The Hall–Kier alpha value is -2.20. The number of aryl methyl sites for hydroxylation is 1. The third kappa shape index (κ3) is 3.96. The minimum absolute atomic E-state index is 0.466. The number of ether oxygens (including phenoxy) is 1. The highest BCUT2D eigenvalue weighted by Crippen LogP contribution is 2.25. The number of aldehydes is 1. The van der Waals surface area contributed by atoms with Crippen molar-refractivity contribution >= 4 is 6.29 Å². The van der Waals surface area contributed by atoms with Crippen LogP contribution in [0, 0.1) is 6.92 Å². The normalized spacial score (nSPS) is 15.3. The van der Waals surface area contributed by atoms with Crippen LogP contribution in [0.2, 0.25) is 0 Å². The zero-order valence-corrected chi connectivity index (χ0v) is 13.4. The maximum atomic E-state index is 10.8. The molecule has 2 heterocycles. The average Bonchev–Trinajstić information content (AvgIpc) is 2.61. The predicted molar refractivity (Wildman–Crippen MR) is 90.0 cm³/mol. The molecular formula is C19H22N2O2. The van der Waals surface area contributed by atoms with E-state index in [4.69, 9.17) is 4.74 Å². The molecule has 2 aromatic rings. The monoisotopic (exact) mass is 310 g/mol. The summed E-state index contributed by atoms with van der Waals surface area (Å²) in [6.07, 6.45) is 3.12. The van der Waals surface area contributed by atoms with Crippen molar-refractivity contribution in [3.05, 3.63) is 58.8 Å². The summed E-state index contributed by atoms with van der Waals surface area (Å²) in [6.45, 7) is 4.57. The fourth-order valence-electron chi connectivity index (χ4n) is 2.96. The van der Waals surface area contributed by atoms with E-state index in [1.165, 1.54) is 0 Å². The van der Waals surface area contributed by atoms with Crippen LogP contribution in [-0.2, 0) is 6.61 Å². The maximum Gasteiger partial charge on any atom is 0.213 e. The van der Waals surface area contributed by atoms with Gasteiger partial charge in [0.25, 0.3) is 0 Å². The lowest BCUT2D eigenvalue weighted by Gasteiger charge is -2.22. The first-order valence-electron chi connectivity index (χ1n) is 8.11. The van der Waals surface area contributed by atoms with E-state index >= 15 is 0 Å². The van der Waals surface area contributed by atoms with Crippen molar-refractivity contribution in [1.29, 1.82) is 0 Å². The van der Waals surface area contributed by atoms with Gasteiger partial charge in [0.05, 0.1) is 0 Å². The SMILES string of the molecule is Cc1cc(C=O)ccc1COc1cccc(C2CCNCC2)n1. The molecule has 1 N–H and O–H groups in total. The zero-order chi connectivity index (χ0) is 16.1. The molecule has 0 atom stereocenters. The Bertz CT molecular complexity index is 679. The molecular weight excluding hydrogens is 288 g/mol. The van der Waals surface area contributed by atoms with Crippen LogP contribution < -0.4 is 10.1 Å². The van der Waals surface area contributed by atoms with Crippen LogP contribution in [-0.4, -0.2) is 24.4 Å². The minimum atomic E-state index is 0.466. The Morgan fingerprint density at radius 3 is 2.83 bits per heavy atom. The molecule has 1 aromatic carbocycles. The molecule has 0 spiro atoms. The van der Waals surface area contributed by atoms with Gasteiger partial charge < -0.3 is 10.1 Å².